The van der Waals surface area contributed by atoms with Crippen LogP contribution in [0.25, 0.3) is 0 Å². The summed E-state index contributed by atoms with van der Waals surface area (Å²) in [5.74, 6) is 3.51. The Morgan fingerprint density at radius 3 is 2.47 bits per heavy atom. The van der Waals surface area contributed by atoms with E-state index in [1.807, 2.05) is 11.8 Å². The average Bonchev–Trinajstić information content (AvgIpc) is 2.26. The van der Waals surface area contributed by atoms with Crippen LogP contribution >= 0.6 is 11.8 Å². The number of hydrogen-bond acceptors (Lipinski definition) is 2. The Bertz CT molecular complexity index is 162. The summed E-state index contributed by atoms with van der Waals surface area (Å²) in [6.07, 6.45) is 9.18. The highest BCUT2D eigenvalue weighted by atomic mass is 32.2. The Kier molecular flexibility index (Phi) is 6.06. The van der Waals surface area contributed by atoms with Crippen molar-refractivity contribution in [2.24, 2.45) is 11.7 Å². The molecule has 2 N–H and O–H groups in total. The van der Waals surface area contributed by atoms with E-state index in [1.54, 1.807) is 0 Å². The van der Waals surface area contributed by atoms with E-state index >= 15 is 0 Å². The first-order chi connectivity index (χ1) is 7.20. The minimum Gasteiger partial charge on any atom is -0.325 e. The van der Waals surface area contributed by atoms with E-state index in [0.717, 1.165) is 5.92 Å². The van der Waals surface area contributed by atoms with Gasteiger partial charge in [0.15, 0.2) is 0 Å². The van der Waals surface area contributed by atoms with Crippen LogP contribution in [-0.2, 0) is 0 Å². The molecule has 1 fully saturated rings. The van der Waals surface area contributed by atoms with Crippen LogP contribution in [0.2, 0.25) is 0 Å². The van der Waals surface area contributed by atoms with Crippen molar-refractivity contribution in [1.29, 1.82) is 0 Å². The van der Waals surface area contributed by atoms with Crippen LogP contribution in [0, 0.1) is 5.92 Å². The van der Waals surface area contributed by atoms with Crippen LogP contribution in [0.5, 0.6) is 0 Å². The Morgan fingerprint density at radius 1 is 1.27 bits per heavy atom. The highest BCUT2D eigenvalue weighted by molar-refractivity contribution is 7.99. The normalized spacial score (nSPS) is 31.8. The summed E-state index contributed by atoms with van der Waals surface area (Å²) in [4.78, 5) is 0. The fourth-order valence-electron chi connectivity index (χ4n) is 2.58. The maximum Gasteiger partial charge on any atom is 0.0154 e. The molecule has 0 atom stereocenters. The largest absolute Gasteiger partial charge is 0.325 e. The van der Waals surface area contributed by atoms with Crippen molar-refractivity contribution >= 4 is 11.8 Å². The first-order valence-corrected chi connectivity index (χ1v) is 7.72. The van der Waals surface area contributed by atoms with Gasteiger partial charge in [0.1, 0.15) is 0 Å². The molecule has 1 saturated carbocycles. The van der Waals surface area contributed by atoms with Crippen LogP contribution in [0.15, 0.2) is 0 Å². The van der Waals surface area contributed by atoms with E-state index < -0.39 is 0 Å². The number of thioether (sulfide) groups is 1. The van der Waals surface area contributed by atoms with E-state index in [4.69, 9.17) is 5.73 Å². The lowest BCUT2D eigenvalue weighted by Gasteiger charge is -2.37. The predicted molar refractivity (Wildman–Crippen MR) is 71.4 cm³/mol. The van der Waals surface area contributed by atoms with Gasteiger partial charge in [-0.25, -0.2) is 0 Å². The zero-order valence-electron chi connectivity index (χ0n) is 10.4. The molecule has 0 spiro atoms. The maximum atomic E-state index is 6.45. The van der Waals surface area contributed by atoms with Gasteiger partial charge in [0.2, 0.25) is 0 Å². The van der Waals surface area contributed by atoms with Crippen LogP contribution in [-0.4, -0.2) is 17.0 Å². The van der Waals surface area contributed by atoms with Gasteiger partial charge in [-0.3, -0.25) is 0 Å². The molecule has 0 heterocycles. The zero-order chi connectivity index (χ0) is 11.1. The fraction of sp³-hybridized carbons (Fsp3) is 1.00. The molecule has 1 rings (SSSR count). The van der Waals surface area contributed by atoms with Crippen molar-refractivity contribution in [3.05, 3.63) is 0 Å². The average molecular weight is 229 g/mol. The quantitative estimate of drug-likeness (QED) is 0.701. The van der Waals surface area contributed by atoms with Gasteiger partial charge in [0, 0.05) is 5.54 Å². The summed E-state index contributed by atoms with van der Waals surface area (Å²) in [6.45, 7) is 4.54. The highest BCUT2D eigenvalue weighted by Gasteiger charge is 2.30. The van der Waals surface area contributed by atoms with Crippen LogP contribution in [0.3, 0.4) is 0 Å². The summed E-state index contributed by atoms with van der Waals surface area (Å²) >= 11 is 2.04. The van der Waals surface area contributed by atoms with Crippen molar-refractivity contribution in [3.8, 4) is 0 Å². The molecule has 0 radical (unpaired) electrons. The minimum absolute atomic E-state index is 0.194. The van der Waals surface area contributed by atoms with Gasteiger partial charge in [-0.15, -0.1) is 0 Å². The Balaban J connectivity index is 2.17. The maximum absolute atomic E-state index is 6.45. The SMILES string of the molecule is CCSCCCC1(N)CCC(CC)CC1. The lowest BCUT2D eigenvalue weighted by molar-refractivity contribution is 0.217. The van der Waals surface area contributed by atoms with Gasteiger partial charge in [-0.2, -0.15) is 11.8 Å². The molecule has 1 aliphatic carbocycles. The van der Waals surface area contributed by atoms with Crippen LogP contribution in [0.1, 0.15) is 58.8 Å². The van der Waals surface area contributed by atoms with Gasteiger partial charge in [0.25, 0.3) is 0 Å². The molecule has 0 aromatic carbocycles. The molecule has 0 aliphatic heterocycles. The third kappa shape index (κ3) is 4.78. The number of rotatable bonds is 6. The first kappa shape index (κ1) is 13.4. The van der Waals surface area contributed by atoms with Crippen molar-refractivity contribution in [2.45, 2.75) is 64.3 Å². The molecule has 1 nitrogen and oxygen atoms in total. The number of hydrogen-bond donors (Lipinski definition) is 1. The third-order valence-corrected chi connectivity index (χ3v) is 4.83. The van der Waals surface area contributed by atoms with Crippen molar-refractivity contribution in [1.82, 2.24) is 0 Å². The van der Waals surface area contributed by atoms with E-state index in [-0.39, 0.29) is 5.54 Å². The summed E-state index contributed by atoms with van der Waals surface area (Å²) in [6, 6.07) is 0. The lowest BCUT2D eigenvalue weighted by atomic mass is 9.74. The molecule has 0 aromatic rings. The molecule has 0 unspecified atom stereocenters. The molecule has 90 valence electrons. The Morgan fingerprint density at radius 2 is 1.93 bits per heavy atom. The van der Waals surface area contributed by atoms with Crippen LogP contribution < -0.4 is 5.73 Å². The smallest absolute Gasteiger partial charge is 0.0154 e. The molecule has 1 aliphatic rings. The Labute approximate surface area is 99.6 Å². The van der Waals surface area contributed by atoms with Crippen molar-refractivity contribution in [3.63, 3.8) is 0 Å². The van der Waals surface area contributed by atoms with Gasteiger partial charge < -0.3 is 5.73 Å². The van der Waals surface area contributed by atoms with E-state index in [1.165, 1.54) is 56.5 Å². The molecule has 2 heteroatoms. The summed E-state index contributed by atoms with van der Waals surface area (Å²) in [5.41, 5.74) is 6.64. The monoisotopic (exact) mass is 229 g/mol. The fourth-order valence-corrected chi connectivity index (χ4v) is 3.22. The second kappa shape index (κ2) is 6.80. The molecular formula is C13H27NS. The molecule has 0 saturated heterocycles. The molecule has 0 bridgehead atoms. The topological polar surface area (TPSA) is 26.0 Å². The first-order valence-electron chi connectivity index (χ1n) is 6.57. The van der Waals surface area contributed by atoms with Gasteiger partial charge in [0.05, 0.1) is 0 Å². The van der Waals surface area contributed by atoms with Gasteiger partial charge in [-0.05, 0) is 55.9 Å². The van der Waals surface area contributed by atoms with E-state index in [2.05, 4.69) is 13.8 Å². The lowest BCUT2D eigenvalue weighted by Crippen LogP contribution is -2.43. The summed E-state index contributed by atoms with van der Waals surface area (Å²) in [5, 5.41) is 0. The van der Waals surface area contributed by atoms with Gasteiger partial charge in [-0.1, -0.05) is 20.3 Å². The van der Waals surface area contributed by atoms with Gasteiger partial charge >= 0.3 is 0 Å². The zero-order valence-corrected chi connectivity index (χ0v) is 11.2. The highest BCUT2D eigenvalue weighted by Crippen LogP contribution is 2.34. The summed E-state index contributed by atoms with van der Waals surface area (Å²) in [7, 11) is 0. The molecule has 0 aromatic heterocycles. The van der Waals surface area contributed by atoms with Crippen LogP contribution in [0.4, 0.5) is 0 Å². The second-order valence-corrected chi connectivity index (χ2v) is 6.41. The third-order valence-electron chi connectivity index (χ3n) is 3.85. The molecule has 0 amide bonds. The summed E-state index contributed by atoms with van der Waals surface area (Å²) < 4.78 is 0. The second-order valence-electron chi connectivity index (χ2n) is 5.01. The van der Waals surface area contributed by atoms with Crippen molar-refractivity contribution < 1.29 is 0 Å². The Hall–Kier alpha value is 0.310. The standard InChI is InChI=1S/C13H27NS/c1-3-12-6-9-13(14,10-7-12)8-5-11-15-4-2/h12H,3-11,14H2,1-2H3. The van der Waals surface area contributed by atoms with E-state index in [9.17, 15) is 0 Å². The number of nitrogens with two attached hydrogens (primary N) is 1. The molecule has 15 heavy (non-hydrogen) atoms. The predicted octanol–water partition coefficient (Wildman–Crippen LogP) is 3.82. The minimum atomic E-state index is 0.194. The van der Waals surface area contributed by atoms with Crippen molar-refractivity contribution in [2.75, 3.05) is 11.5 Å². The van der Waals surface area contributed by atoms with E-state index in [0.29, 0.717) is 0 Å². The molecular weight excluding hydrogens is 202 g/mol.